The van der Waals surface area contributed by atoms with Gasteiger partial charge in [0, 0.05) is 7.05 Å². The summed E-state index contributed by atoms with van der Waals surface area (Å²) in [4.78, 5) is 24.7. The lowest BCUT2D eigenvalue weighted by atomic mass is 9.97. The molecule has 37 heavy (non-hydrogen) atoms. The van der Waals surface area contributed by atoms with Gasteiger partial charge in [-0.15, -0.1) is 0 Å². The van der Waals surface area contributed by atoms with Crippen LogP contribution < -0.4 is 5.32 Å². The molecular weight excluding hydrogens is 498 g/mol. The number of rotatable bonds is 12. The van der Waals surface area contributed by atoms with Crippen molar-refractivity contribution in [2.24, 2.45) is 0 Å². The molecule has 0 radical (unpaired) electrons. The number of nitrogens with one attached hydrogen (secondary N) is 1. The molecular formula is C23H41NO13. The van der Waals surface area contributed by atoms with Gasteiger partial charge in [0.15, 0.2) is 24.8 Å². The molecule has 0 spiro atoms. The molecule has 2 rings (SSSR count). The number of carbonyl (C=O) groups excluding carboxylic acids is 2. The molecule has 2 aliphatic rings. The van der Waals surface area contributed by atoms with Gasteiger partial charge in [-0.1, -0.05) is 0 Å². The lowest BCUT2D eigenvalue weighted by molar-refractivity contribution is -0.315. The first-order chi connectivity index (χ1) is 17.4. The molecule has 0 aliphatic carbocycles. The van der Waals surface area contributed by atoms with Crippen molar-refractivity contribution in [3.8, 4) is 0 Å². The van der Waals surface area contributed by atoms with Crippen LogP contribution in [0.5, 0.6) is 0 Å². The van der Waals surface area contributed by atoms with Gasteiger partial charge in [-0.2, -0.15) is 0 Å². The van der Waals surface area contributed by atoms with Gasteiger partial charge in [0.05, 0.1) is 32.0 Å². The summed E-state index contributed by atoms with van der Waals surface area (Å²) >= 11 is 0. The van der Waals surface area contributed by atoms with Crippen LogP contribution in [0.25, 0.3) is 0 Å². The Morgan fingerprint density at radius 3 is 1.89 bits per heavy atom. The molecule has 2 fully saturated rings. The summed E-state index contributed by atoms with van der Waals surface area (Å²) in [5.41, 5.74) is 0. The van der Waals surface area contributed by atoms with E-state index in [1.807, 2.05) is 0 Å². The Kier molecular flexibility index (Phi) is 12.6. The van der Waals surface area contributed by atoms with Crippen LogP contribution in [0.1, 0.15) is 34.6 Å². The van der Waals surface area contributed by atoms with Gasteiger partial charge >= 0.3 is 5.97 Å². The van der Waals surface area contributed by atoms with Crippen molar-refractivity contribution >= 4 is 11.9 Å². The fourth-order valence-electron chi connectivity index (χ4n) is 3.96. The predicted octanol–water partition coefficient (Wildman–Crippen LogP) is -2.19. The van der Waals surface area contributed by atoms with Crippen LogP contribution in [-0.4, -0.2) is 133 Å². The number of amides is 1. The third kappa shape index (κ3) is 8.26. The van der Waals surface area contributed by atoms with E-state index >= 15 is 0 Å². The molecule has 216 valence electrons. The molecule has 1 amide bonds. The number of aliphatic hydroxyl groups excluding tert-OH is 4. The van der Waals surface area contributed by atoms with E-state index in [-0.39, 0.29) is 32.0 Å². The number of hydrogen-bond acceptors (Lipinski definition) is 13. The predicted molar refractivity (Wildman–Crippen MR) is 124 cm³/mol. The topological polar surface area (TPSA) is 192 Å². The zero-order valence-electron chi connectivity index (χ0n) is 22.0. The molecule has 2 saturated heterocycles. The Bertz CT molecular complexity index is 723. The minimum Gasteiger partial charge on any atom is -0.464 e. The smallest absolute Gasteiger partial charge is 0.338 e. The second-order valence-electron chi connectivity index (χ2n) is 9.22. The highest BCUT2D eigenvalue weighted by Gasteiger charge is 2.51. The van der Waals surface area contributed by atoms with Crippen molar-refractivity contribution in [3.05, 3.63) is 0 Å². The summed E-state index contributed by atoms with van der Waals surface area (Å²) in [6.45, 7) is 7.98. The monoisotopic (exact) mass is 539 g/mol. The fraction of sp³-hybridized carbons (Fsp3) is 0.913. The van der Waals surface area contributed by atoms with Gasteiger partial charge in [-0.25, -0.2) is 4.79 Å². The Hall–Kier alpha value is -1.46. The Morgan fingerprint density at radius 2 is 1.32 bits per heavy atom. The first kappa shape index (κ1) is 31.8. The van der Waals surface area contributed by atoms with Gasteiger partial charge in [-0.3, -0.25) is 4.79 Å². The molecule has 0 bridgehead atoms. The standard InChI is InChI=1S/C23H41NO13/c1-7-31-21(30)19-16(12(25)15(28)23(37-19)35-11(4)5)32-8-9-33-22-14(27)13(26)17(34-10(2)3)18(36-22)20(29)24-6/h10-19,22-23,25-28H,7-9H2,1-6H3,(H,24,29)/t12-,13-,14+,15+,16+,17+,18?,19?,22?,23?/m1/s1. The fourth-order valence-corrected chi connectivity index (χ4v) is 3.96. The van der Waals surface area contributed by atoms with Crippen LogP contribution in [0.3, 0.4) is 0 Å². The molecule has 0 saturated carbocycles. The van der Waals surface area contributed by atoms with Crippen molar-refractivity contribution in [3.63, 3.8) is 0 Å². The van der Waals surface area contributed by atoms with E-state index < -0.39 is 73.3 Å². The first-order valence-electron chi connectivity index (χ1n) is 12.4. The molecule has 5 N–H and O–H groups in total. The van der Waals surface area contributed by atoms with Crippen molar-refractivity contribution in [2.45, 2.75) is 108 Å². The molecule has 10 atom stereocenters. The maximum atomic E-state index is 12.4. The molecule has 14 heteroatoms. The molecule has 0 aromatic rings. The van der Waals surface area contributed by atoms with Gasteiger partial charge in [-0.05, 0) is 34.6 Å². The number of likely N-dealkylation sites (N-methyl/N-ethyl adjacent to an activating group) is 1. The molecule has 2 heterocycles. The lowest BCUT2D eigenvalue weighted by Gasteiger charge is -2.42. The Labute approximate surface area is 216 Å². The van der Waals surface area contributed by atoms with E-state index in [4.69, 9.17) is 33.2 Å². The van der Waals surface area contributed by atoms with Crippen LogP contribution in [0.4, 0.5) is 0 Å². The quantitative estimate of drug-likeness (QED) is 0.133. The summed E-state index contributed by atoms with van der Waals surface area (Å²) in [6.07, 6.45) is -14.6. The number of hydrogen-bond donors (Lipinski definition) is 5. The molecule has 2 aliphatic heterocycles. The van der Waals surface area contributed by atoms with Crippen LogP contribution in [-0.2, 0) is 42.7 Å². The maximum Gasteiger partial charge on any atom is 0.338 e. The van der Waals surface area contributed by atoms with Gasteiger partial charge in [0.1, 0.15) is 36.6 Å². The van der Waals surface area contributed by atoms with E-state index in [0.29, 0.717) is 0 Å². The van der Waals surface area contributed by atoms with Gasteiger partial charge < -0.3 is 58.9 Å². The minimum atomic E-state index is -1.56. The summed E-state index contributed by atoms with van der Waals surface area (Å²) in [5.74, 6) is -1.39. The van der Waals surface area contributed by atoms with Crippen LogP contribution in [0, 0.1) is 0 Å². The van der Waals surface area contributed by atoms with E-state index in [1.54, 1.807) is 34.6 Å². The van der Waals surface area contributed by atoms with E-state index in [9.17, 15) is 30.0 Å². The van der Waals surface area contributed by atoms with E-state index in [0.717, 1.165) is 0 Å². The zero-order valence-corrected chi connectivity index (χ0v) is 22.0. The third-order valence-corrected chi connectivity index (χ3v) is 5.62. The highest BCUT2D eigenvalue weighted by molar-refractivity contribution is 5.81. The third-order valence-electron chi connectivity index (χ3n) is 5.62. The summed E-state index contributed by atoms with van der Waals surface area (Å²) in [5, 5.41) is 44.5. The molecule has 14 nitrogen and oxygen atoms in total. The van der Waals surface area contributed by atoms with Crippen LogP contribution in [0.2, 0.25) is 0 Å². The number of carbonyl (C=O) groups is 2. The number of ether oxygens (including phenoxy) is 7. The highest BCUT2D eigenvalue weighted by atomic mass is 16.7. The van der Waals surface area contributed by atoms with Gasteiger partial charge in [0.2, 0.25) is 0 Å². The number of aliphatic hydroxyl groups is 4. The van der Waals surface area contributed by atoms with Crippen LogP contribution in [0.15, 0.2) is 0 Å². The van der Waals surface area contributed by atoms with Crippen molar-refractivity contribution < 1.29 is 63.2 Å². The molecule has 0 aromatic heterocycles. The summed E-state index contributed by atoms with van der Waals surface area (Å²) in [6, 6.07) is 0. The number of esters is 1. The highest BCUT2D eigenvalue weighted by Crippen LogP contribution is 2.28. The average molecular weight is 540 g/mol. The van der Waals surface area contributed by atoms with Crippen molar-refractivity contribution in [2.75, 3.05) is 26.9 Å². The normalized spacial score (nSPS) is 36.5. The zero-order chi connectivity index (χ0) is 27.9. The Balaban J connectivity index is 2.02. The minimum absolute atomic E-state index is 0.0517. The SMILES string of the molecule is CCOC(=O)C1OC(OC(C)C)[C@@H](O)[C@@H](O)[C@@H]1OCCOC1OC(C(=O)NC)[C@@H](OC(C)C)[C@H](O)[C@@H]1O. The van der Waals surface area contributed by atoms with Gasteiger partial charge in [0.25, 0.3) is 5.91 Å². The summed E-state index contributed by atoms with van der Waals surface area (Å²) < 4.78 is 38.3. The molecule has 0 aromatic carbocycles. The largest absolute Gasteiger partial charge is 0.464 e. The van der Waals surface area contributed by atoms with Crippen molar-refractivity contribution in [1.29, 1.82) is 0 Å². The first-order valence-corrected chi connectivity index (χ1v) is 12.4. The second-order valence-corrected chi connectivity index (χ2v) is 9.22. The molecule has 4 unspecified atom stereocenters. The van der Waals surface area contributed by atoms with Crippen molar-refractivity contribution in [1.82, 2.24) is 5.32 Å². The van der Waals surface area contributed by atoms with Crippen LogP contribution >= 0.6 is 0 Å². The van der Waals surface area contributed by atoms with E-state index in [1.165, 1.54) is 7.05 Å². The summed E-state index contributed by atoms with van der Waals surface area (Å²) in [7, 11) is 1.39. The Morgan fingerprint density at radius 1 is 0.784 bits per heavy atom. The second kappa shape index (κ2) is 14.6. The lowest BCUT2D eigenvalue weighted by Crippen LogP contribution is -2.63. The van der Waals surface area contributed by atoms with E-state index in [2.05, 4.69) is 5.32 Å². The maximum absolute atomic E-state index is 12.4. The average Bonchev–Trinajstić information content (AvgIpc) is 2.83.